The number of carbonyl (C=O) groups excluding carboxylic acids is 1. The molecule has 0 aliphatic heterocycles. The molecule has 122 valence electrons. The first kappa shape index (κ1) is 18.5. The van der Waals surface area contributed by atoms with Crippen molar-refractivity contribution in [2.24, 2.45) is 0 Å². The number of carboxylic acid groups (broad SMARTS) is 1. The van der Waals surface area contributed by atoms with Crippen molar-refractivity contribution >= 4 is 27.0 Å². The summed E-state index contributed by atoms with van der Waals surface area (Å²) in [6.07, 6.45) is -0.657. The van der Waals surface area contributed by atoms with E-state index >= 15 is 0 Å². The second kappa shape index (κ2) is 8.20. The van der Waals surface area contributed by atoms with Crippen LogP contribution in [0.25, 0.3) is 0 Å². The minimum absolute atomic E-state index is 0.0649. The summed E-state index contributed by atoms with van der Waals surface area (Å²) in [7, 11) is 0. The third kappa shape index (κ3) is 8.05. The second-order valence-electron chi connectivity index (χ2n) is 6.03. The summed E-state index contributed by atoms with van der Waals surface area (Å²) < 4.78 is 5.18. The fraction of sp³-hybridized carbons (Fsp3) is 0.500. The van der Waals surface area contributed by atoms with Gasteiger partial charge in [-0.25, -0.2) is 0 Å². The van der Waals surface area contributed by atoms with E-state index in [2.05, 4.69) is 5.32 Å². The van der Waals surface area contributed by atoms with Gasteiger partial charge in [-0.2, -0.15) is 0 Å². The van der Waals surface area contributed by atoms with Crippen molar-refractivity contribution in [3.63, 3.8) is 0 Å². The second-order valence-corrected chi connectivity index (χ2v) is 8.53. The van der Waals surface area contributed by atoms with E-state index in [0.29, 0.717) is 0 Å². The summed E-state index contributed by atoms with van der Waals surface area (Å²) >= 11 is -0.0649. The number of nitrogens with one attached hydrogen (secondary N) is 1. The number of hydrogen-bond donors (Lipinski definition) is 2. The van der Waals surface area contributed by atoms with Gasteiger partial charge >= 0.3 is 137 Å². The van der Waals surface area contributed by atoms with Gasteiger partial charge in [0.25, 0.3) is 0 Å². The molecular formula is C16H23NO4Se. The van der Waals surface area contributed by atoms with Crippen LogP contribution in [0.3, 0.4) is 0 Å². The molecule has 1 aromatic carbocycles. The van der Waals surface area contributed by atoms with Gasteiger partial charge in [0.1, 0.15) is 0 Å². The quantitative estimate of drug-likeness (QED) is 0.753. The predicted octanol–water partition coefficient (Wildman–Crippen LogP) is 2.52. The molecule has 0 aromatic heterocycles. The van der Waals surface area contributed by atoms with Crippen LogP contribution in [0.1, 0.15) is 38.3 Å². The van der Waals surface area contributed by atoms with Gasteiger partial charge in [-0.1, -0.05) is 0 Å². The van der Waals surface area contributed by atoms with Crippen molar-refractivity contribution in [1.29, 1.82) is 0 Å². The van der Waals surface area contributed by atoms with Gasteiger partial charge in [-0.3, -0.25) is 0 Å². The maximum absolute atomic E-state index is 11.8. The summed E-state index contributed by atoms with van der Waals surface area (Å²) in [6.45, 7) is 7.34. The van der Waals surface area contributed by atoms with Crippen molar-refractivity contribution in [1.82, 2.24) is 5.32 Å². The Labute approximate surface area is 137 Å². The molecular weight excluding hydrogens is 349 g/mol. The molecule has 0 saturated heterocycles. The third-order valence-electron chi connectivity index (χ3n) is 2.61. The number of alkyl carbamates (subject to hydrolysis) is 1. The molecule has 2 N–H and O–H groups in total. The number of hydrogen-bond acceptors (Lipinski definition) is 3. The van der Waals surface area contributed by atoms with Crippen LogP contribution in [0.2, 0.25) is 0 Å². The zero-order chi connectivity index (χ0) is 16.8. The molecule has 1 atom stereocenters. The van der Waals surface area contributed by atoms with Crippen LogP contribution in [0.15, 0.2) is 24.3 Å². The van der Waals surface area contributed by atoms with Crippen LogP contribution in [0.4, 0.5) is 4.79 Å². The van der Waals surface area contributed by atoms with Gasteiger partial charge in [0.2, 0.25) is 0 Å². The van der Waals surface area contributed by atoms with Crippen LogP contribution < -0.4 is 5.32 Å². The summed E-state index contributed by atoms with van der Waals surface area (Å²) in [5.74, 6) is -0.924. The van der Waals surface area contributed by atoms with Gasteiger partial charge in [0, 0.05) is 0 Å². The fourth-order valence-electron chi connectivity index (χ4n) is 1.63. The first-order valence-electron chi connectivity index (χ1n) is 7.04. The van der Waals surface area contributed by atoms with Crippen LogP contribution in [-0.2, 0) is 14.9 Å². The zero-order valence-electron chi connectivity index (χ0n) is 13.4. The molecule has 0 fully saturated rings. The van der Waals surface area contributed by atoms with Crippen molar-refractivity contribution in [3.8, 4) is 0 Å². The molecule has 0 saturated carbocycles. The number of amides is 1. The predicted molar refractivity (Wildman–Crippen MR) is 86.0 cm³/mol. The molecule has 1 aromatic rings. The number of aryl methyl sites for hydroxylation is 1. The van der Waals surface area contributed by atoms with Gasteiger partial charge in [0.15, 0.2) is 0 Å². The van der Waals surface area contributed by atoms with Gasteiger partial charge in [-0.15, -0.1) is 0 Å². The van der Waals surface area contributed by atoms with E-state index in [9.17, 15) is 9.59 Å². The summed E-state index contributed by atoms with van der Waals surface area (Å²) in [6, 6.07) is 8.11. The van der Waals surface area contributed by atoms with Crippen molar-refractivity contribution in [2.75, 3.05) is 0 Å². The van der Waals surface area contributed by atoms with Gasteiger partial charge in [0.05, 0.1) is 0 Å². The normalized spacial score (nSPS) is 12.5. The topological polar surface area (TPSA) is 75.6 Å². The number of benzene rings is 1. The summed E-state index contributed by atoms with van der Waals surface area (Å²) in [4.78, 5) is 22.4. The Morgan fingerprint density at radius 2 is 1.86 bits per heavy atom. The van der Waals surface area contributed by atoms with Crippen LogP contribution in [-0.4, -0.2) is 42.7 Å². The molecule has 22 heavy (non-hydrogen) atoms. The van der Waals surface area contributed by atoms with Crippen LogP contribution in [0.5, 0.6) is 0 Å². The molecule has 1 rings (SSSR count). The average molecular weight is 372 g/mol. The standard InChI is InChI=1S/C16H23NO4Se/c1-11-5-7-12(8-6-11)10-22-13(9-14(18)19)17-15(20)21-16(2,3)4/h5-8,13H,9-10H2,1-4H3,(H,17,20)(H,18,19)/t13-/m1/s1. The van der Waals surface area contributed by atoms with Crippen LogP contribution in [0, 0.1) is 6.92 Å². The zero-order valence-corrected chi connectivity index (χ0v) is 15.1. The Balaban J connectivity index is 2.58. The van der Waals surface area contributed by atoms with E-state index in [0.717, 1.165) is 10.9 Å². The van der Waals surface area contributed by atoms with E-state index in [1.54, 1.807) is 20.8 Å². The number of rotatable bonds is 6. The molecule has 1 amide bonds. The summed E-state index contributed by atoms with van der Waals surface area (Å²) in [5, 5.41) is 12.4. The van der Waals surface area contributed by atoms with Crippen LogP contribution >= 0.6 is 0 Å². The Morgan fingerprint density at radius 1 is 1.27 bits per heavy atom. The number of ether oxygens (including phenoxy) is 1. The van der Waals surface area contributed by atoms with Crippen molar-refractivity contribution < 1.29 is 19.4 Å². The molecule has 0 radical (unpaired) electrons. The first-order chi connectivity index (χ1) is 10.2. The number of aliphatic carboxylic acids is 1. The number of carbonyl (C=O) groups is 2. The van der Waals surface area contributed by atoms with E-state index in [4.69, 9.17) is 9.84 Å². The SMILES string of the molecule is Cc1ccc(C[Se][C@H](CC(=O)O)NC(=O)OC(C)(C)C)cc1. The molecule has 0 aliphatic rings. The van der Waals surface area contributed by atoms with Gasteiger partial charge in [-0.05, 0) is 0 Å². The van der Waals surface area contributed by atoms with E-state index < -0.39 is 17.7 Å². The Kier molecular flexibility index (Phi) is 6.91. The maximum atomic E-state index is 11.8. The molecule has 0 spiro atoms. The molecule has 0 aliphatic carbocycles. The fourth-order valence-corrected chi connectivity index (χ4v) is 3.78. The monoisotopic (exact) mass is 373 g/mol. The minimum atomic E-state index is -0.924. The van der Waals surface area contributed by atoms with E-state index in [1.807, 2.05) is 31.2 Å². The Morgan fingerprint density at radius 3 is 2.36 bits per heavy atom. The summed E-state index contributed by atoms with van der Waals surface area (Å²) in [5.41, 5.74) is 1.74. The first-order valence-corrected chi connectivity index (χ1v) is 9.24. The van der Waals surface area contributed by atoms with Crippen molar-refractivity contribution in [3.05, 3.63) is 35.4 Å². The van der Waals surface area contributed by atoms with Gasteiger partial charge < -0.3 is 0 Å². The molecule has 5 nitrogen and oxygen atoms in total. The third-order valence-corrected chi connectivity index (χ3v) is 5.10. The van der Waals surface area contributed by atoms with E-state index in [1.165, 1.54) is 5.56 Å². The molecule has 0 unspecified atom stereocenters. The Bertz CT molecular complexity index is 508. The molecule has 0 heterocycles. The van der Waals surface area contributed by atoms with E-state index in [-0.39, 0.29) is 26.3 Å². The van der Waals surface area contributed by atoms with Crippen molar-refractivity contribution in [2.45, 2.75) is 50.0 Å². The Hall–Kier alpha value is -1.52. The number of carboxylic acids is 1. The molecule has 6 heteroatoms. The average Bonchev–Trinajstić information content (AvgIpc) is 2.34. The molecule has 0 bridgehead atoms.